The second kappa shape index (κ2) is 8.40. The zero-order valence-corrected chi connectivity index (χ0v) is 14.4. The molecule has 0 aliphatic carbocycles. The standard InChI is InChI=1S/C21H18FNOS/c22-19-10-6-17(7-11-19)15-24-20-12-8-18(9-13-20)21(25)23-14-16-4-2-1-3-5-16/h1-13H,14-15H2,(H,23,25). The fourth-order valence-electron chi connectivity index (χ4n) is 2.33. The third kappa shape index (κ3) is 5.13. The Balaban J connectivity index is 1.52. The van der Waals surface area contributed by atoms with Crippen LogP contribution < -0.4 is 10.1 Å². The van der Waals surface area contributed by atoms with Crippen molar-refractivity contribution in [2.24, 2.45) is 0 Å². The van der Waals surface area contributed by atoms with E-state index in [1.165, 1.54) is 17.7 Å². The first-order valence-electron chi connectivity index (χ1n) is 8.00. The first kappa shape index (κ1) is 17.1. The van der Waals surface area contributed by atoms with E-state index in [1.807, 2.05) is 42.5 Å². The number of thiocarbonyl (C=S) groups is 1. The summed E-state index contributed by atoms with van der Waals surface area (Å²) in [5.41, 5.74) is 3.05. The van der Waals surface area contributed by atoms with E-state index in [-0.39, 0.29) is 5.82 Å². The van der Waals surface area contributed by atoms with Crippen LogP contribution in [0.25, 0.3) is 0 Å². The zero-order valence-electron chi connectivity index (χ0n) is 13.6. The molecule has 4 heteroatoms. The van der Waals surface area contributed by atoms with Crippen LogP contribution in [-0.4, -0.2) is 4.99 Å². The molecule has 0 radical (unpaired) electrons. The van der Waals surface area contributed by atoms with Crippen molar-refractivity contribution in [2.75, 3.05) is 0 Å². The number of rotatable bonds is 6. The van der Waals surface area contributed by atoms with Crippen LogP contribution in [0.3, 0.4) is 0 Å². The third-order valence-electron chi connectivity index (χ3n) is 3.73. The third-order valence-corrected chi connectivity index (χ3v) is 4.11. The van der Waals surface area contributed by atoms with Crippen molar-refractivity contribution in [3.8, 4) is 5.75 Å². The van der Waals surface area contributed by atoms with E-state index in [0.717, 1.165) is 16.9 Å². The average Bonchev–Trinajstić information content (AvgIpc) is 2.67. The number of hydrogen-bond acceptors (Lipinski definition) is 2. The van der Waals surface area contributed by atoms with Crippen LogP contribution in [0.2, 0.25) is 0 Å². The minimum absolute atomic E-state index is 0.246. The Hall–Kier alpha value is -2.72. The molecule has 0 aromatic heterocycles. The number of nitrogens with one attached hydrogen (secondary N) is 1. The van der Waals surface area contributed by atoms with Gasteiger partial charge >= 0.3 is 0 Å². The molecule has 0 saturated heterocycles. The second-order valence-electron chi connectivity index (χ2n) is 5.61. The summed E-state index contributed by atoms with van der Waals surface area (Å²) in [5, 5.41) is 3.25. The highest BCUT2D eigenvalue weighted by molar-refractivity contribution is 7.80. The Bertz CT molecular complexity index is 817. The minimum Gasteiger partial charge on any atom is -0.489 e. The number of hydrogen-bond donors (Lipinski definition) is 1. The Morgan fingerprint density at radius 2 is 1.52 bits per heavy atom. The number of benzene rings is 3. The average molecular weight is 351 g/mol. The van der Waals surface area contributed by atoms with E-state index in [1.54, 1.807) is 12.1 Å². The van der Waals surface area contributed by atoms with Crippen LogP contribution in [0.4, 0.5) is 4.39 Å². The molecule has 0 spiro atoms. The summed E-state index contributed by atoms with van der Waals surface area (Å²) in [6.45, 7) is 1.10. The topological polar surface area (TPSA) is 21.3 Å². The number of halogens is 1. The Kier molecular flexibility index (Phi) is 5.75. The molecule has 0 atom stereocenters. The monoisotopic (exact) mass is 351 g/mol. The summed E-state index contributed by atoms with van der Waals surface area (Å²) in [5.74, 6) is 0.503. The molecule has 25 heavy (non-hydrogen) atoms. The zero-order chi connectivity index (χ0) is 17.5. The molecule has 0 bridgehead atoms. The molecule has 1 N–H and O–H groups in total. The van der Waals surface area contributed by atoms with Crippen molar-refractivity contribution < 1.29 is 9.13 Å². The van der Waals surface area contributed by atoms with Crippen LogP contribution >= 0.6 is 12.2 Å². The minimum atomic E-state index is -0.246. The second-order valence-corrected chi connectivity index (χ2v) is 6.02. The molecule has 0 aliphatic rings. The van der Waals surface area contributed by atoms with E-state index < -0.39 is 0 Å². The Labute approximate surface area is 152 Å². The summed E-state index contributed by atoms with van der Waals surface area (Å²) >= 11 is 5.43. The van der Waals surface area contributed by atoms with Crippen molar-refractivity contribution >= 4 is 17.2 Å². The molecule has 3 aromatic rings. The normalized spacial score (nSPS) is 10.3. The lowest BCUT2D eigenvalue weighted by Crippen LogP contribution is -2.21. The lowest BCUT2D eigenvalue weighted by atomic mass is 10.2. The lowest BCUT2D eigenvalue weighted by molar-refractivity contribution is 0.306. The van der Waals surface area contributed by atoms with E-state index in [4.69, 9.17) is 17.0 Å². The van der Waals surface area contributed by atoms with Gasteiger partial charge in [0.25, 0.3) is 0 Å². The maximum atomic E-state index is 12.9. The summed E-state index contributed by atoms with van der Waals surface area (Å²) < 4.78 is 18.6. The van der Waals surface area contributed by atoms with Gasteiger partial charge in [-0.25, -0.2) is 4.39 Å². The number of ether oxygens (including phenoxy) is 1. The van der Waals surface area contributed by atoms with Gasteiger partial charge in [0.05, 0.1) is 0 Å². The van der Waals surface area contributed by atoms with Gasteiger partial charge in [0.2, 0.25) is 0 Å². The maximum Gasteiger partial charge on any atom is 0.123 e. The highest BCUT2D eigenvalue weighted by Gasteiger charge is 2.02. The van der Waals surface area contributed by atoms with Gasteiger partial charge in [0, 0.05) is 12.1 Å². The molecule has 0 amide bonds. The van der Waals surface area contributed by atoms with Gasteiger partial charge in [-0.05, 0) is 47.5 Å². The highest BCUT2D eigenvalue weighted by Crippen LogP contribution is 2.15. The van der Waals surface area contributed by atoms with Crippen LogP contribution in [0, 0.1) is 5.82 Å². The van der Waals surface area contributed by atoms with Crippen LogP contribution in [0.5, 0.6) is 5.75 Å². The molecular formula is C21H18FNOS. The van der Waals surface area contributed by atoms with Crippen molar-refractivity contribution in [3.63, 3.8) is 0 Å². The van der Waals surface area contributed by atoms with Gasteiger partial charge in [0.1, 0.15) is 23.2 Å². The first-order chi connectivity index (χ1) is 12.2. The van der Waals surface area contributed by atoms with E-state index in [2.05, 4.69) is 17.4 Å². The predicted octanol–water partition coefficient (Wildman–Crippen LogP) is 4.87. The Morgan fingerprint density at radius 3 is 2.20 bits per heavy atom. The summed E-state index contributed by atoms with van der Waals surface area (Å²) in [7, 11) is 0. The van der Waals surface area contributed by atoms with Crippen LogP contribution in [0.1, 0.15) is 16.7 Å². The smallest absolute Gasteiger partial charge is 0.123 e. The van der Waals surface area contributed by atoms with Crippen LogP contribution in [-0.2, 0) is 13.2 Å². The van der Waals surface area contributed by atoms with Gasteiger partial charge in [-0.1, -0.05) is 54.7 Å². The van der Waals surface area contributed by atoms with E-state index in [0.29, 0.717) is 18.1 Å². The summed E-state index contributed by atoms with van der Waals surface area (Å²) in [4.78, 5) is 0.703. The van der Waals surface area contributed by atoms with Crippen molar-refractivity contribution in [3.05, 3.63) is 101 Å². The fourth-order valence-corrected chi connectivity index (χ4v) is 2.54. The lowest BCUT2D eigenvalue weighted by Gasteiger charge is -2.10. The highest BCUT2D eigenvalue weighted by atomic mass is 32.1. The molecule has 126 valence electrons. The van der Waals surface area contributed by atoms with E-state index in [9.17, 15) is 4.39 Å². The maximum absolute atomic E-state index is 12.9. The molecule has 0 aliphatic heterocycles. The molecule has 2 nitrogen and oxygen atoms in total. The molecular weight excluding hydrogens is 333 g/mol. The van der Waals surface area contributed by atoms with Gasteiger partial charge < -0.3 is 10.1 Å². The summed E-state index contributed by atoms with van der Waals surface area (Å²) in [6.07, 6.45) is 0. The van der Waals surface area contributed by atoms with Gasteiger partial charge in [-0.15, -0.1) is 0 Å². The quantitative estimate of drug-likeness (QED) is 0.640. The van der Waals surface area contributed by atoms with Gasteiger partial charge in [-0.2, -0.15) is 0 Å². The van der Waals surface area contributed by atoms with Crippen molar-refractivity contribution in [2.45, 2.75) is 13.2 Å². The molecule has 0 unspecified atom stereocenters. The Morgan fingerprint density at radius 1 is 0.840 bits per heavy atom. The summed E-state index contributed by atoms with van der Waals surface area (Å²) in [6, 6.07) is 24.0. The van der Waals surface area contributed by atoms with Crippen molar-refractivity contribution in [1.29, 1.82) is 0 Å². The van der Waals surface area contributed by atoms with Crippen LogP contribution in [0.15, 0.2) is 78.9 Å². The molecule has 0 saturated carbocycles. The van der Waals surface area contributed by atoms with Gasteiger partial charge in [-0.3, -0.25) is 0 Å². The molecule has 3 rings (SSSR count). The largest absolute Gasteiger partial charge is 0.489 e. The predicted molar refractivity (Wildman–Crippen MR) is 102 cm³/mol. The first-order valence-corrected chi connectivity index (χ1v) is 8.41. The fraction of sp³-hybridized carbons (Fsp3) is 0.0952. The molecule has 0 heterocycles. The molecule has 3 aromatic carbocycles. The van der Waals surface area contributed by atoms with Gasteiger partial charge in [0.15, 0.2) is 0 Å². The molecule has 0 fully saturated rings. The SMILES string of the molecule is Fc1ccc(COc2ccc(C(=S)NCc3ccccc3)cc2)cc1. The van der Waals surface area contributed by atoms with Crippen molar-refractivity contribution in [1.82, 2.24) is 5.32 Å². The van der Waals surface area contributed by atoms with E-state index >= 15 is 0 Å².